The number of allylic oxidation sites excluding steroid dienone is 2. The molecule has 0 aliphatic carbocycles. The van der Waals surface area contributed by atoms with Gasteiger partial charge in [-0.05, 0) is 25.0 Å². The Morgan fingerprint density at radius 2 is 1.55 bits per heavy atom. The molecule has 2 aromatic rings. The predicted molar refractivity (Wildman–Crippen MR) is 109 cm³/mol. The Labute approximate surface area is 170 Å². The number of carbonyl (C=O) groups is 2. The second-order valence-corrected chi connectivity index (χ2v) is 6.63. The highest BCUT2D eigenvalue weighted by Gasteiger charge is 2.40. The van der Waals surface area contributed by atoms with E-state index in [0.717, 1.165) is 11.1 Å². The Kier molecular flexibility index (Phi) is 6.50. The van der Waals surface area contributed by atoms with E-state index in [-0.39, 0.29) is 6.61 Å². The van der Waals surface area contributed by atoms with E-state index in [4.69, 9.17) is 14.2 Å². The zero-order chi connectivity index (χ0) is 20.8. The Balaban J connectivity index is 2.18. The van der Waals surface area contributed by atoms with Gasteiger partial charge in [0, 0.05) is 6.42 Å². The highest BCUT2D eigenvalue weighted by molar-refractivity contribution is 5.99. The van der Waals surface area contributed by atoms with Crippen molar-refractivity contribution in [3.05, 3.63) is 94.5 Å². The second-order valence-electron chi connectivity index (χ2n) is 6.63. The molecule has 0 bridgehead atoms. The monoisotopic (exact) mass is 392 g/mol. The van der Waals surface area contributed by atoms with Gasteiger partial charge in [-0.3, -0.25) is 0 Å². The molecular weight excluding hydrogens is 368 g/mol. The summed E-state index contributed by atoms with van der Waals surface area (Å²) in [5.74, 6) is -0.758. The second kappa shape index (κ2) is 9.24. The van der Waals surface area contributed by atoms with Gasteiger partial charge in [0.1, 0.15) is 11.5 Å². The van der Waals surface area contributed by atoms with Crippen molar-refractivity contribution in [1.82, 2.24) is 0 Å². The van der Waals surface area contributed by atoms with Crippen molar-refractivity contribution in [3.8, 4) is 0 Å². The maximum absolute atomic E-state index is 12.8. The Hall–Kier alpha value is -3.34. The summed E-state index contributed by atoms with van der Waals surface area (Å²) in [5, 5.41) is 0. The van der Waals surface area contributed by atoms with Crippen LogP contribution in [0.15, 0.2) is 83.3 Å². The lowest BCUT2D eigenvalue weighted by atomic mass is 9.81. The van der Waals surface area contributed by atoms with E-state index in [9.17, 15) is 9.59 Å². The first-order valence-corrected chi connectivity index (χ1v) is 9.52. The molecule has 5 heteroatoms. The van der Waals surface area contributed by atoms with Crippen molar-refractivity contribution in [2.45, 2.75) is 26.2 Å². The first-order valence-electron chi connectivity index (χ1n) is 9.52. The standard InChI is InChI=1S/C24H24O5/c1-4-28-24(26)20-16(2)29-19(15-17-11-7-5-8-12-17)22(23(25)27-3)21(20)18-13-9-6-10-14-18/h5-14,21H,4,15H2,1-3H3. The van der Waals surface area contributed by atoms with Gasteiger partial charge in [0.2, 0.25) is 0 Å². The highest BCUT2D eigenvalue weighted by Crippen LogP contribution is 2.42. The number of rotatable bonds is 6. The molecule has 1 atom stereocenters. The van der Waals surface area contributed by atoms with Crippen molar-refractivity contribution in [2.24, 2.45) is 0 Å². The van der Waals surface area contributed by atoms with E-state index < -0.39 is 17.9 Å². The van der Waals surface area contributed by atoms with Crippen molar-refractivity contribution in [1.29, 1.82) is 0 Å². The Morgan fingerprint density at radius 3 is 2.14 bits per heavy atom. The molecule has 0 amide bonds. The van der Waals surface area contributed by atoms with Crippen LogP contribution in [0.25, 0.3) is 0 Å². The molecule has 1 unspecified atom stereocenters. The van der Waals surface area contributed by atoms with Gasteiger partial charge in [-0.1, -0.05) is 60.7 Å². The first kappa shape index (κ1) is 20.4. The van der Waals surface area contributed by atoms with E-state index in [1.165, 1.54) is 7.11 Å². The van der Waals surface area contributed by atoms with Crippen LogP contribution >= 0.6 is 0 Å². The van der Waals surface area contributed by atoms with Crippen LogP contribution < -0.4 is 0 Å². The number of methoxy groups -OCH3 is 1. The van der Waals surface area contributed by atoms with E-state index >= 15 is 0 Å². The molecule has 0 aromatic heterocycles. The lowest BCUT2D eigenvalue weighted by molar-refractivity contribution is -0.139. The van der Waals surface area contributed by atoms with Gasteiger partial charge in [-0.25, -0.2) is 9.59 Å². The molecule has 0 fully saturated rings. The summed E-state index contributed by atoms with van der Waals surface area (Å²) < 4.78 is 16.4. The molecule has 150 valence electrons. The fraction of sp³-hybridized carbons (Fsp3) is 0.250. The fourth-order valence-corrected chi connectivity index (χ4v) is 3.51. The normalized spacial score (nSPS) is 16.3. The van der Waals surface area contributed by atoms with Gasteiger partial charge in [0.15, 0.2) is 0 Å². The Bertz CT molecular complexity index is 942. The van der Waals surface area contributed by atoms with Gasteiger partial charge < -0.3 is 14.2 Å². The molecule has 1 heterocycles. The average Bonchev–Trinajstić information content (AvgIpc) is 2.74. The van der Waals surface area contributed by atoms with E-state index in [0.29, 0.717) is 29.1 Å². The van der Waals surface area contributed by atoms with E-state index in [1.54, 1.807) is 13.8 Å². The smallest absolute Gasteiger partial charge is 0.338 e. The quantitative estimate of drug-likeness (QED) is 0.686. The molecule has 0 spiro atoms. The SMILES string of the molecule is CCOC(=O)C1=C(C)OC(Cc2ccccc2)=C(C(=O)OC)C1c1ccccc1. The minimum absolute atomic E-state index is 0.227. The molecule has 0 saturated carbocycles. The topological polar surface area (TPSA) is 61.8 Å². The van der Waals surface area contributed by atoms with Crippen LogP contribution in [0.3, 0.4) is 0 Å². The number of ether oxygens (including phenoxy) is 3. The van der Waals surface area contributed by atoms with Crippen LogP contribution in [0.5, 0.6) is 0 Å². The molecule has 29 heavy (non-hydrogen) atoms. The van der Waals surface area contributed by atoms with Crippen molar-refractivity contribution >= 4 is 11.9 Å². The number of hydrogen-bond acceptors (Lipinski definition) is 5. The predicted octanol–water partition coefficient (Wildman–Crippen LogP) is 4.31. The summed E-state index contributed by atoms with van der Waals surface area (Å²) in [6.07, 6.45) is 0.405. The van der Waals surface area contributed by atoms with Crippen molar-refractivity contribution in [3.63, 3.8) is 0 Å². The summed E-state index contributed by atoms with van der Waals surface area (Å²) >= 11 is 0. The molecule has 5 nitrogen and oxygen atoms in total. The first-order chi connectivity index (χ1) is 14.1. The minimum atomic E-state index is -0.629. The molecule has 1 aliphatic heterocycles. The maximum atomic E-state index is 12.8. The zero-order valence-electron chi connectivity index (χ0n) is 16.8. The fourth-order valence-electron chi connectivity index (χ4n) is 3.51. The summed E-state index contributed by atoms with van der Waals surface area (Å²) in [5.41, 5.74) is 2.42. The van der Waals surface area contributed by atoms with Crippen molar-refractivity contribution in [2.75, 3.05) is 13.7 Å². The number of esters is 2. The Morgan fingerprint density at radius 1 is 0.931 bits per heavy atom. The lowest BCUT2D eigenvalue weighted by Crippen LogP contribution is -2.28. The third kappa shape index (κ3) is 4.40. The van der Waals surface area contributed by atoms with Gasteiger partial charge in [0.05, 0.1) is 30.8 Å². The van der Waals surface area contributed by atoms with Crippen LogP contribution in [-0.4, -0.2) is 25.7 Å². The lowest BCUT2D eigenvalue weighted by Gasteiger charge is -2.30. The van der Waals surface area contributed by atoms with Crippen LogP contribution in [0, 0.1) is 0 Å². The summed E-state index contributed by atoms with van der Waals surface area (Å²) in [7, 11) is 1.33. The van der Waals surface area contributed by atoms with Crippen molar-refractivity contribution < 1.29 is 23.8 Å². The van der Waals surface area contributed by atoms with E-state index in [1.807, 2.05) is 60.7 Å². The molecular formula is C24H24O5. The van der Waals surface area contributed by atoms with Gasteiger partial charge in [-0.2, -0.15) is 0 Å². The van der Waals surface area contributed by atoms with E-state index in [2.05, 4.69) is 0 Å². The number of benzene rings is 2. The summed E-state index contributed by atoms with van der Waals surface area (Å²) in [6.45, 7) is 3.69. The van der Waals surface area contributed by atoms with Gasteiger partial charge in [-0.15, -0.1) is 0 Å². The number of carbonyl (C=O) groups excluding carboxylic acids is 2. The summed E-state index contributed by atoms with van der Waals surface area (Å²) in [6, 6.07) is 19.1. The molecule has 0 saturated heterocycles. The van der Waals surface area contributed by atoms with Gasteiger partial charge in [0.25, 0.3) is 0 Å². The van der Waals surface area contributed by atoms with Gasteiger partial charge >= 0.3 is 11.9 Å². The maximum Gasteiger partial charge on any atom is 0.338 e. The summed E-state index contributed by atoms with van der Waals surface area (Å²) in [4.78, 5) is 25.6. The highest BCUT2D eigenvalue weighted by atomic mass is 16.5. The molecule has 2 aromatic carbocycles. The molecule has 3 rings (SSSR count). The molecule has 1 aliphatic rings. The van der Waals surface area contributed by atoms with Crippen LogP contribution in [0.1, 0.15) is 30.9 Å². The van der Waals surface area contributed by atoms with Crippen LogP contribution in [0.4, 0.5) is 0 Å². The molecule has 0 radical (unpaired) electrons. The third-order valence-electron chi connectivity index (χ3n) is 4.77. The minimum Gasteiger partial charge on any atom is -0.466 e. The average molecular weight is 392 g/mol. The largest absolute Gasteiger partial charge is 0.466 e. The number of hydrogen-bond donors (Lipinski definition) is 0. The zero-order valence-corrected chi connectivity index (χ0v) is 16.8. The molecule has 0 N–H and O–H groups in total. The third-order valence-corrected chi connectivity index (χ3v) is 4.77. The van der Waals surface area contributed by atoms with Crippen LogP contribution in [0.2, 0.25) is 0 Å². The van der Waals surface area contributed by atoms with Crippen LogP contribution in [-0.2, 0) is 30.2 Å².